The molecule has 0 saturated heterocycles. The zero-order valence-corrected chi connectivity index (χ0v) is 18.2. The Bertz CT molecular complexity index is 990. The number of carbonyl (C=O) groups excluding carboxylic acids is 2. The summed E-state index contributed by atoms with van der Waals surface area (Å²) < 4.78 is 17.5. The molecule has 7 nitrogen and oxygen atoms in total. The predicted octanol–water partition coefficient (Wildman–Crippen LogP) is 3.18. The first-order valence-electron chi connectivity index (χ1n) is 10.8. The summed E-state index contributed by atoms with van der Waals surface area (Å²) >= 11 is 0. The van der Waals surface area contributed by atoms with Gasteiger partial charge in [-0.2, -0.15) is 0 Å². The van der Waals surface area contributed by atoms with Crippen LogP contribution < -0.4 is 19.1 Å². The number of ether oxygens (including phenoxy) is 3. The van der Waals surface area contributed by atoms with Gasteiger partial charge in [-0.1, -0.05) is 12.1 Å². The maximum absolute atomic E-state index is 13.3. The van der Waals surface area contributed by atoms with Gasteiger partial charge in [0.2, 0.25) is 5.91 Å². The third-order valence-corrected chi connectivity index (χ3v) is 5.62. The Morgan fingerprint density at radius 3 is 2.42 bits per heavy atom. The van der Waals surface area contributed by atoms with E-state index in [4.69, 9.17) is 14.2 Å². The van der Waals surface area contributed by atoms with Crippen molar-refractivity contribution in [1.29, 1.82) is 0 Å². The summed E-state index contributed by atoms with van der Waals surface area (Å²) in [6, 6.07) is 11.3. The molecule has 2 heterocycles. The molecule has 2 aromatic rings. The standard InChI is InChI=1S/C24H28N2O5/c1-4-29-21-12-17-10-11-25(14-18(17)13-22(21)30-5-2)24(28)23-15-26(16(3)27)19-8-6-7-9-20(19)31-23/h6-9,12-13,23H,4-5,10-11,14-15H2,1-3H3. The van der Waals surface area contributed by atoms with Gasteiger partial charge in [0.25, 0.3) is 5.91 Å². The fraction of sp³-hybridized carbons (Fsp3) is 0.417. The highest BCUT2D eigenvalue weighted by molar-refractivity contribution is 5.96. The van der Waals surface area contributed by atoms with Crippen LogP contribution in [0.1, 0.15) is 31.9 Å². The summed E-state index contributed by atoms with van der Waals surface area (Å²) in [7, 11) is 0. The fourth-order valence-corrected chi connectivity index (χ4v) is 4.15. The Kier molecular flexibility index (Phi) is 6.02. The smallest absolute Gasteiger partial charge is 0.265 e. The molecule has 1 unspecified atom stereocenters. The molecule has 0 spiro atoms. The molecule has 0 radical (unpaired) electrons. The zero-order chi connectivity index (χ0) is 22.0. The van der Waals surface area contributed by atoms with E-state index >= 15 is 0 Å². The number of amides is 2. The molecular formula is C24H28N2O5. The fourth-order valence-electron chi connectivity index (χ4n) is 4.15. The lowest BCUT2D eigenvalue weighted by Gasteiger charge is -2.37. The molecular weight excluding hydrogens is 396 g/mol. The molecule has 2 aliphatic heterocycles. The number of hydrogen-bond donors (Lipinski definition) is 0. The molecule has 2 aromatic carbocycles. The number of carbonyl (C=O) groups is 2. The summed E-state index contributed by atoms with van der Waals surface area (Å²) in [5, 5.41) is 0. The minimum atomic E-state index is -0.727. The van der Waals surface area contributed by atoms with E-state index in [-0.39, 0.29) is 18.4 Å². The van der Waals surface area contributed by atoms with E-state index in [0.29, 0.717) is 43.5 Å². The summed E-state index contributed by atoms with van der Waals surface area (Å²) in [4.78, 5) is 28.9. The van der Waals surface area contributed by atoms with Crippen molar-refractivity contribution in [2.75, 3.05) is 31.2 Å². The van der Waals surface area contributed by atoms with Gasteiger partial charge in [-0.15, -0.1) is 0 Å². The number of hydrogen-bond acceptors (Lipinski definition) is 5. The minimum absolute atomic E-state index is 0.109. The van der Waals surface area contributed by atoms with E-state index in [1.807, 2.05) is 44.2 Å². The van der Waals surface area contributed by atoms with Gasteiger partial charge in [0.1, 0.15) is 5.75 Å². The average Bonchev–Trinajstić information content (AvgIpc) is 2.78. The molecule has 31 heavy (non-hydrogen) atoms. The van der Waals surface area contributed by atoms with Gasteiger partial charge in [0.15, 0.2) is 17.6 Å². The maximum Gasteiger partial charge on any atom is 0.265 e. The van der Waals surface area contributed by atoms with E-state index in [1.165, 1.54) is 6.92 Å². The summed E-state index contributed by atoms with van der Waals surface area (Å²) in [5.41, 5.74) is 2.91. The van der Waals surface area contributed by atoms with E-state index in [2.05, 4.69) is 0 Å². The first kappa shape index (κ1) is 21.0. The van der Waals surface area contributed by atoms with E-state index in [9.17, 15) is 9.59 Å². The number of fused-ring (bicyclic) bond motifs is 2. The SMILES string of the molecule is CCOc1cc2c(cc1OCC)CN(C(=O)C1CN(C(C)=O)c3ccccc3O1)CC2. The van der Waals surface area contributed by atoms with Crippen molar-refractivity contribution < 1.29 is 23.8 Å². The monoisotopic (exact) mass is 424 g/mol. The molecule has 4 rings (SSSR count). The van der Waals surface area contributed by atoms with Crippen LogP contribution in [0, 0.1) is 0 Å². The second-order valence-corrected chi connectivity index (χ2v) is 7.65. The van der Waals surface area contributed by atoms with Gasteiger partial charge >= 0.3 is 0 Å². The third kappa shape index (κ3) is 4.17. The lowest BCUT2D eigenvalue weighted by molar-refractivity contribution is -0.139. The quantitative estimate of drug-likeness (QED) is 0.738. The van der Waals surface area contributed by atoms with E-state index in [0.717, 1.165) is 23.3 Å². The van der Waals surface area contributed by atoms with E-state index < -0.39 is 6.10 Å². The number of nitrogens with zero attached hydrogens (tertiary/aromatic N) is 2. The molecule has 0 bridgehead atoms. The van der Waals surface area contributed by atoms with Gasteiger partial charge < -0.3 is 24.0 Å². The summed E-state index contributed by atoms with van der Waals surface area (Å²) in [6.45, 7) is 7.77. The molecule has 2 aliphatic rings. The van der Waals surface area contributed by atoms with Crippen LogP contribution in [0.3, 0.4) is 0 Å². The van der Waals surface area contributed by atoms with Crippen LogP contribution >= 0.6 is 0 Å². The Morgan fingerprint density at radius 2 is 1.74 bits per heavy atom. The normalized spacial score (nSPS) is 17.3. The van der Waals surface area contributed by atoms with Crippen LogP contribution in [0.25, 0.3) is 0 Å². The molecule has 0 saturated carbocycles. The van der Waals surface area contributed by atoms with Gasteiger partial charge in [-0.3, -0.25) is 9.59 Å². The Morgan fingerprint density at radius 1 is 1.06 bits per heavy atom. The highest BCUT2D eigenvalue weighted by Crippen LogP contribution is 2.36. The van der Waals surface area contributed by atoms with Gasteiger partial charge in [0, 0.05) is 20.0 Å². The second-order valence-electron chi connectivity index (χ2n) is 7.65. The maximum atomic E-state index is 13.3. The second kappa shape index (κ2) is 8.88. The number of rotatable bonds is 5. The van der Waals surface area contributed by atoms with Crippen LogP contribution in [0.5, 0.6) is 17.2 Å². The minimum Gasteiger partial charge on any atom is -0.490 e. The van der Waals surface area contributed by atoms with Crippen molar-refractivity contribution in [3.8, 4) is 17.2 Å². The topological polar surface area (TPSA) is 68.3 Å². The third-order valence-electron chi connectivity index (χ3n) is 5.62. The molecule has 1 atom stereocenters. The van der Waals surface area contributed by atoms with E-state index in [1.54, 1.807) is 15.9 Å². The van der Waals surface area contributed by atoms with Crippen molar-refractivity contribution in [1.82, 2.24) is 4.90 Å². The van der Waals surface area contributed by atoms with Crippen LogP contribution in [0.4, 0.5) is 5.69 Å². The first-order valence-corrected chi connectivity index (χ1v) is 10.8. The van der Waals surface area contributed by atoms with Crippen LogP contribution in [-0.2, 0) is 22.6 Å². The van der Waals surface area contributed by atoms with Crippen molar-refractivity contribution in [3.05, 3.63) is 47.5 Å². The van der Waals surface area contributed by atoms with Crippen molar-refractivity contribution in [3.63, 3.8) is 0 Å². The molecule has 0 N–H and O–H groups in total. The largest absolute Gasteiger partial charge is 0.490 e. The Labute approximate surface area is 182 Å². The van der Waals surface area contributed by atoms with Crippen molar-refractivity contribution >= 4 is 17.5 Å². The van der Waals surface area contributed by atoms with Gasteiger partial charge in [-0.05, 0) is 55.7 Å². The average molecular weight is 424 g/mol. The zero-order valence-electron chi connectivity index (χ0n) is 18.2. The lowest BCUT2D eigenvalue weighted by Crippen LogP contribution is -2.52. The van der Waals surface area contributed by atoms with Crippen molar-refractivity contribution in [2.24, 2.45) is 0 Å². The molecule has 0 aromatic heterocycles. The van der Waals surface area contributed by atoms with Crippen LogP contribution in [0.2, 0.25) is 0 Å². The summed E-state index contributed by atoms with van der Waals surface area (Å²) in [5.74, 6) is 1.77. The van der Waals surface area contributed by atoms with Crippen molar-refractivity contribution in [2.45, 2.75) is 39.8 Å². The highest BCUT2D eigenvalue weighted by atomic mass is 16.5. The molecule has 164 valence electrons. The molecule has 2 amide bonds. The molecule has 0 aliphatic carbocycles. The van der Waals surface area contributed by atoms with Crippen LogP contribution in [0.15, 0.2) is 36.4 Å². The van der Waals surface area contributed by atoms with Gasteiger partial charge in [-0.25, -0.2) is 0 Å². The van der Waals surface area contributed by atoms with Gasteiger partial charge in [0.05, 0.1) is 25.4 Å². The molecule has 0 fully saturated rings. The van der Waals surface area contributed by atoms with Crippen LogP contribution in [-0.4, -0.2) is 49.1 Å². The number of para-hydroxylation sites is 2. The first-order chi connectivity index (χ1) is 15.0. The lowest BCUT2D eigenvalue weighted by atomic mass is 9.98. The Balaban J connectivity index is 1.55. The molecule has 7 heteroatoms. The predicted molar refractivity (Wildman–Crippen MR) is 117 cm³/mol. The number of anilines is 1. The summed E-state index contributed by atoms with van der Waals surface area (Å²) in [6.07, 6.45) is 0.00205. The Hall–Kier alpha value is -3.22. The highest BCUT2D eigenvalue weighted by Gasteiger charge is 2.36. The number of benzene rings is 2.